The topological polar surface area (TPSA) is 34.5 Å². The summed E-state index contributed by atoms with van der Waals surface area (Å²) in [6.07, 6.45) is 1.60. The van der Waals surface area contributed by atoms with Gasteiger partial charge in [0.2, 0.25) is 0 Å². The standard InChI is InChI=1S/C25H20N2O2S/c1-26(2)25(28)29-23-21-14-8-16-27(21)20-13-5-6-15-22(20)30-24(23)19-12-7-10-17-9-3-4-11-18(17)19/h3-16H,1-2H3. The van der Waals surface area contributed by atoms with E-state index < -0.39 is 6.09 Å². The van der Waals surface area contributed by atoms with E-state index in [1.807, 2.05) is 48.7 Å². The number of benzene rings is 3. The number of fused-ring (bicyclic) bond motifs is 4. The highest BCUT2D eigenvalue weighted by Gasteiger charge is 2.27. The van der Waals surface area contributed by atoms with Crippen LogP contribution in [0.1, 0.15) is 11.3 Å². The van der Waals surface area contributed by atoms with Gasteiger partial charge in [-0.15, -0.1) is 0 Å². The van der Waals surface area contributed by atoms with Crippen LogP contribution in [0.2, 0.25) is 0 Å². The number of carbonyl (C=O) groups is 1. The lowest BCUT2D eigenvalue weighted by molar-refractivity contribution is 0.162. The number of rotatable bonds is 2. The van der Waals surface area contributed by atoms with Gasteiger partial charge in [0.25, 0.3) is 0 Å². The summed E-state index contributed by atoms with van der Waals surface area (Å²) in [5.74, 6) is 0.566. The van der Waals surface area contributed by atoms with E-state index in [-0.39, 0.29) is 0 Å². The van der Waals surface area contributed by atoms with Gasteiger partial charge in [0, 0.05) is 30.8 Å². The lowest BCUT2D eigenvalue weighted by Crippen LogP contribution is -2.22. The third-order valence-electron chi connectivity index (χ3n) is 5.11. The van der Waals surface area contributed by atoms with E-state index in [0.29, 0.717) is 5.76 Å². The van der Waals surface area contributed by atoms with Crippen LogP contribution in [-0.2, 0) is 4.74 Å². The number of para-hydroxylation sites is 1. The average Bonchev–Trinajstić information content (AvgIpc) is 3.21. The molecule has 0 fully saturated rings. The fraction of sp³-hybridized carbons (Fsp3) is 0.0800. The minimum Gasteiger partial charge on any atom is -0.407 e. The van der Waals surface area contributed by atoms with E-state index in [2.05, 4.69) is 41.0 Å². The van der Waals surface area contributed by atoms with Gasteiger partial charge in [-0.05, 0) is 35.0 Å². The molecular formula is C25H20N2O2S. The van der Waals surface area contributed by atoms with Crippen molar-refractivity contribution >= 4 is 39.3 Å². The van der Waals surface area contributed by atoms with E-state index in [0.717, 1.165) is 37.5 Å². The lowest BCUT2D eigenvalue weighted by atomic mass is 10.0. The Labute approximate surface area is 179 Å². The Morgan fingerprint density at radius 1 is 0.900 bits per heavy atom. The highest BCUT2D eigenvalue weighted by molar-refractivity contribution is 8.08. The van der Waals surface area contributed by atoms with Gasteiger partial charge in [-0.1, -0.05) is 66.4 Å². The summed E-state index contributed by atoms with van der Waals surface area (Å²) in [4.78, 5) is 16.1. The molecule has 0 bridgehead atoms. The summed E-state index contributed by atoms with van der Waals surface area (Å²) < 4.78 is 8.07. The summed E-state index contributed by atoms with van der Waals surface area (Å²) in [6.45, 7) is 0. The van der Waals surface area contributed by atoms with Crippen molar-refractivity contribution in [2.24, 2.45) is 0 Å². The van der Waals surface area contributed by atoms with Crippen LogP contribution in [-0.4, -0.2) is 29.7 Å². The molecule has 0 N–H and O–H groups in total. The zero-order valence-electron chi connectivity index (χ0n) is 16.7. The number of amides is 1. The van der Waals surface area contributed by atoms with Gasteiger partial charge in [-0.2, -0.15) is 0 Å². The Balaban J connectivity index is 1.83. The molecule has 148 valence electrons. The third-order valence-corrected chi connectivity index (χ3v) is 6.29. The van der Waals surface area contributed by atoms with Crippen LogP contribution < -0.4 is 0 Å². The number of aromatic nitrogens is 1. The number of ether oxygens (including phenoxy) is 1. The number of thioether (sulfide) groups is 1. The summed E-state index contributed by atoms with van der Waals surface area (Å²) in [7, 11) is 3.39. The molecule has 0 atom stereocenters. The van der Waals surface area contributed by atoms with E-state index in [9.17, 15) is 4.79 Å². The van der Waals surface area contributed by atoms with Gasteiger partial charge in [-0.25, -0.2) is 4.79 Å². The molecule has 2 heterocycles. The molecule has 3 aromatic carbocycles. The predicted molar refractivity (Wildman–Crippen MR) is 123 cm³/mol. The molecule has 0 unspecified atom stereocenters. The van der Waals surface area contributed by atoms with Gasteiger partial charge in [-0.3, -0.25) is 0 Å². The SMILES string of the molecule is CN(C)C(=O)OC1=C(c2cccc3ccccc23)Sc2ccccc2-n2cccc21. The highest BCUT2D eigenvalue weighted by atomic mass is 32.2. The number of hydrogen-bond acceptors (Lipinski definition) is 3. The second-order valence-corrected chi connectivity index (χ2v) is 8.33. The maximum absolute atomic E-state index is 12.6. The lowest BCUT2D eigenvalue weighted by Gasteiger charge is -2.17. The smallest absolute Gasteiger partial charge is 0.407 e. The molecule has 1 aliphatic heterocycles. The first-order valence-electron chi connectivity index (χ1n) is 9.70. The Bertz CT molecular complexity index is 1300. The van der Waals surface area contributed by atoms with Crippen molar-refractivity contribution in [2.75, 3.05) is 14.1 Å². The molecule has 1 amide bonds. The minimum absolute atomic E-state index is 0.401. The van der Waals surface area contributed by atoms with Crippen LogP contribution in [0, 0.1) is 0 Å². The zero-order valence-corrected chi connectivity index (χ0v) is 17.5. The fourth-order valence-corrected chi connectivity index (χ4v) is 4.83. The number of nitrogens with zero attached hydrogens (tertiary/aromatic N) is 2. The van der Waals surface area contributed by atoms with Gasteiger partial charge in [0.05, 0.1) is 16.3 Å². The summed E-state index contributed by atoms with van der Waals surface area (Å²) in [6, 6.07) is 26.7. The average molecular weight is 413 g/mol. The number of carbonyl (C=O) groups excluding carboxylic acids is 1. The number of hydrogen-bond donors (Lipinski definition) is 0. The largest absolute Gasteiger partial charge is 0.414 e. The zero-order chi connectivity index (χ0) is 20.7. The molecule has 0 spiro atoms. The highest BCUT2D eigenvalue weighted by Crippen LogP contribution is 2.47. The Morgan fingerprint density at radius 3 is 2.53 bits per heavy atom. The maximum atomic E-state index is 12.6. The van der Waals surface area contributed by atoms with Crippen LogP contribution in [0.3, 0.4) is 0 Å². The van der Waals surface area contributed by atoms with E-state index >= 15 is 0 Å². The molecule has 0 saturated heterocycles. The molecule has 5 heteroatoms. The van der Waals surface area contributed by atoms with Crippen LogP contribution in [0.4, 0.5) is 4.79 Å². The first-order chi connectivity index (χ1) is 14.6. The Hall–Kier alpha value is -3.44. The molecule has 5 rings (SSSR count). The quantitative estimate of drug-likeness (QED) is 0.390. The molecule has 0 aliphatic carbocycles. The molecule has 4 nitrogen and oxygen atoms in total. The maximum Gasteiger partial charge on any atom is 0.414 e. The van der Waals surface area contributed by atoms with Crippen molar-refractivity contribution in [1.82, 2.24) is 9.47 Å². The van der Waals surface area contributed by atoms with Crippen molar-refractivity contribution in [2.45, 2.75) is 4.90 Å². The third kappa shape index (κ3) is 3.08. The van der Waals surface area contributed by atoms with Crippen molar-refractivity contribution in [1.29, 1.82) is 0 Å². The predicted octanol–water partition coefficient (Wildman–Crippen LogP) is 6.26. The molecule has 0 radical (unpaired) electrons. The van der Waals surface area contributed by atoms with Crippen molar-refractivity contribution in [3.05, 3.63) is 96.3 Å². The van der Waals surface area contributed by atoms with E-state index in [1.54, 1.807) is 25.9 Å². The molecule has 1 aliphatic rings. The van der Waals surface area contributed by atoms with Crippen molar-refractivity contribution < 1.29 is 9.53 Å². The summed E-state index contributed by atoms with van der Waals surface area (Å²) in [5.41, 5.74) is 2.96. The Morgan fingerprint density at radius 2 is 1.67 bits per heavy atom. The fourth-order valence-electron chi connectivity index (χ4n) is 3.67. The summed E-state index contributed by atoms with van der Waals surface area (Å²) in [5, 5.41) is 2.27. The van der Waals surface area contributed by atoms with Crippen LogP contribution in [0.15, 0.2) is 90.0 Å². The first-order valence-corrected chi connectivity index (χ1v) is 10.5. The molecule has 0 saturated carbocycles. The van der Waals surface area contributed by atoms with E-state index in [4.69, 9.17) is 4.74 Å². The van der Waals surface area contributed by atoms with Crippen molar-refractivity contribution in [3.63, 3.8) is 0 Å². The second kappa shape index (κ2) is 7.43. The minimum atomic E-state index is -0.401. The van der Waals surface area contributed by atoms with E-state index in [1.165, 1.54) is 4.90 Å². The van der Waals surface area contributed by atoms with Gasteiger partial charge in [0.15, 0.2) is 5.76 Å². The molecule has 1 aromatic heterocycles. The van der Waals surface area contributed by atoms with Gasteiger partial charge >= 0.3 is 6.09 Å². The van der Waals surface area contributed by atoms with Gasteiger partial charge < -0.3 is 14.2 Å². The van der Waals surface area contributed by atoms with Crippen molar-refractivity contribution in [3.8, 4) is 5.69 Å². The monoisotopic (exact) mass is 412 g/mol. The van der Waals surface area contributed by atoms with Gasteiger partial charge in [0.1, 0.15) is 0 Å². The van der Waals surface area contributed by atoms with Crippen LogP contribution in [0.25, 0.3) is 27.1 Å². The second-order valence-electron chi connectivity index (χ2n) is 7.28. The normalized spacial score (nSPS) is 12.9. The van der Waals surface area contributed by atoms with Crippen LogP contribution >= 0.6 is 11.8 Å². The Kier molecular flexibility index (Phi) is 4.60. The molecular weight excluding hydrogens is 392 g/mol. The summed E-state index contributed by atoms with van der Waals surface area (Å²) >= 11 is 1.63. The first kappa shape index (κ1) is 18.6. The molecule has 4 aromatic rings. The molecule has 30 heavy (non-hydrogen) atoms. The van der Waals surface area contributed by atoms with Crippen LogP contribution in [0.5, 0.6) is 0 Å².